The predicted molar refractivity (Wildman–Crippen MR) is 125 cm³/mol. The summed E-state index contributed by atoms with van der Waals surface area (Å²) in [6.45, 7) is 11.1. The minimum absolute atomic E-state index is 0.0952. The van der Waals surface area contributed by atoms with Crippen LogP contribution in [0.4, 0.5) is 0 Å². The lowest BCUT2D eigenvalue weighted by atomic mass is 9.52. The Bertz CT molecular complexity index is 747. The molecule has 174 valence electrons. The van der Waals surface area contributed by atoms with Crippen LogP contribution in [0.3, 0.4) is 0 Å². The summed E-state index contributed by atoms with van der Waals surface area (Å²) in [6, 6.07) is 0.706. The number of allylic oxidation sites excluding steroid dienone is 2. The average molecular weight is 428 g/mol. The maximum absolute atomic E-state index is 13.2. The van der Waals surface area contributed by atoms with Crippen molar-refractivity contribution in [3.63, 3.8) is 0 Å². The van der Waals surface area contributed by atoms with Crippen LogP contribution in [0.5, 0.6) is 0 Å². The van der Waals surface area contributed by atoms with Crippen molar-refractivity contribution in [2.75, 3.05) is 13.6 Å². The number of carbonyl (C=O) groups excluding carboxylic acids is 1. The number of nitrogens with zero attached hydrogens (tertiary/aromatic N) is 1. The Hall–Kier alpha value is -0.670. The van der Waals surface area contributed by atoms with Crippen LogP contribution in [-0.4, -0.2) is 41.5 Å². The molecule has 1 heterocycles. The fraction of sp³-hybridized carbons (Fsp3) is 0.893. The van der Waals surface area contributed by atoms with E-state index in [2.05, 4.69) is 51.8 Å². The highest BCUT2D eigenvalue weighted by Crippen LogP contribution is 2.67. The number of piperidine rings is 1. The minimum atomic E-state index is -0.266. The Labute approximate surface area is 190 Å². The Morgan fingerprint density at radius 1 is 1.16 bits per heavy atom. The van der Waals surface area contributed by atoms with Gasteiger partial charge < -0.3 is 10.0 Å². The van der Waals surface area contributed by atoms with E-state index in [1.54, 1.807) is 0 Å². The maximum Gasteiger partial charge on any atom is 0.136 e. The first-order valence-electron chi connectivity index (χ1n) is 13.2. The Kier molecular flexibility index (Phi) is 5.49. The molecule has 0 amide bonds. The first-order chi connectivity index (χ1) is 14.6. The van der Waals surface area contributed by atoms with Gasteiger partial charge in [-0.1, -0.05) is 39.8 Å². The highest BCUT2D eigenvalue weighted by Gasteiger charge is 2.62. The van der Waals surface area contributed by atoms with Gasteiger partial charge in [0.1, 0.15) is 5.78 Å². The Balaban J connectivity index is 1.37. The van der Waals surface area contributed by atoms with E-state index < -0.39 is 0 Å². The van der Waals surface area contributed by atoms with Gasteiger partial charge in [0.2, 0.25) is 0 Å². The molecule has 1 saturated heterocycles. The van der Waals surface area contributed by atoms with Crippen molar-refractivity contribution in [3.8, 4) is 0 Å². The maximum atomic E-state index is 13.2. The summed E-state index contributed by atoms with van der Waals surface area (Å²) >= 11 is 0. The number of fused-ring (bicyclic) bond motifs is 5. The summed E-state index contributed by atoms with van der Waals surface area (Å²) < 4.78 is 0. The molecule has 3 nitrogen and oxygen atoms in total. The molecule has 5 aliphatic rings. The van der Waals surface area contributed by atoms with Gasteiger partial charge in [-0.3, -0.25) is 4.79 Å². The van der Waals surface area contributed by atoms with Gasteiger partial charge in [0, 0.05) is 24.9 Å². The van der Waals surface area contributed by atoms with Crippen molar-refractivity contribution in [2.45, 2.75) is 91.2 Å². The molecule has 0 aromatic heterocycles. The van der Waals surface area contributed by atoms with E-state index >= 15 is 0 Å². The molecule has 1 N–H and O–H groups in total. The van der Waals surface area contributed by atoms with Gasteiger partial charge in [0.05, 0.1) is 6.10 Å². The molecular weight excluding hydrogens is 382 g/mol. The van der Waals surface area contributed by atoms with Gasteiger partial charge in [-0.05, 0) is 98.3 Å². The van der Waals surface area contributed by atoms with Crippen molar-refractivity contribution >= 4 is 5.78 Å². The van der Waals surface area contributed by atoms with Gasteiger partial charge in [-0.2, -0.15) is 0 Å². The van der Waals surface area contributed by atoms with E-state index in [9.17, 15) is 9.90 Å². The molecule has 1 aliphatic heterocycles. The SMILES string of the molecule is C[C@H]1CC[C@H]([C@@H](C)[C@@H]2C=C[C@H]3[C@@H]4CC(=O)[C@H]5C[C@@H](O)CC[C@]5(C)[C@H]4C[C@@]3(C)C2)N(C)C1. The number of Topliss-reactive ketones (excluding diaryl/α,β-unsaturated/α-hetero) is 1. The van der Waals surface area contributed by atoms with E-state index in [1.807, 2.05) is 0 Å². The number of hydrogen-bond acceptors (Lipinski definition) is 3. The lowest BCUT2D eigenvalue weighted by Crippen LogP contribution is -2.51. The molecule has 4 aliphatic carbocycles. The van der Waals surface area contributed by atoms with Crippen LogP contribution < -0.4 is 0 Å². The zero-order chi connectivity index (χ0) is 22.1. The van der Waals surface area contributed by atoms with Crippen LogP contribution in [-0.2, 0) is 4.79 Å². The van der Waals surface area contributed by atoms with Crippen LogP contribution in [0.1, 0.15) is 79.1 Å². The van der Waals surface area contributed by atoms with Crippen LogP contribution in [0, 0.1) is 52.3 Å². The molecule has 0 bridgehead atoms. The van der Waals surface area contributed by atoms with E-state index in [0.29, 0.717) is 53.3 Å². The predicted octanol–water partition coefficient (Wildman–Crippen LogP) is 5.33. The van der Waals surface area contributed by atoms with Gasteiger partial charge in [-0.25, -0.2) is 0 Å². The molecule has 0 spiro atoms. The molecule has 0 aromatic rings. The Morgan fingerprint density at radius 3 is 2.68 bits per heavy atom. The highest BCUT2D eigenvalue weighted by atomic mass is 16.3. The number of hydrogen-bond donors (Lipinski definition) is 1. The summed E-state index contributed by atoms with van der Waals surface area (Å²) in [4.78, 5) is 15.8. The topological polar surface area (TPSA) is 40.5 Å². The lowest BCUT2D eigenvalue weighted by Gasteiger charge is -2.52. The molecule has 4 fully saturated rings. The fourth-order valence-electron chi connectivity index (χ4n) is 9.35. The van der Waals surface area contributed by atoms with Gasteiger partial charge in [0.25, 0.3) is 0 Å². The number of carbonyl (C=O) groups is 1. The molecular formula is C28H45NO2. The molecule has 11 atom stereocenters. The minimum Gasteiger partial charge on any atom is -0.393 e. The van der Waals surface area contributed by atoms with Crippen LogP contribution in [0.2, 0.25) is 0 Å². The smallest absolute Gasteiger partial charge is 0.136 e. The van der Waals surface area contributed by atoms with Crippen molar-refractivity contribution in [1.29, 1.82) is 0 Å². The third kappa shape index (κ3) is 3.48. The summed E-state index contributed by atoms with van der Waals surface area (Å²) in [7, 11) is 2.34. The second-order valence-electron chi connectivity index (χ2n) is 13.1. The summed E-state index contributed by atoms with van der Waals surface area (Å²) in [6.07, 6.45) is 13.5. The highest BCUT2D eigenvalue weighted by molar-refractivity contribution is 5.83. The van der Waals surface area contributed by atoms with Crippen molar-refractivity contribution < 1.29 is 9.90 Å². The van der Waals surface area contributed by atoms with Gasteiger partial charge in [0.15, 0.2) is 0 Å². The van der Waals surface area contributed by atoms with Crippen molar-refractivity contribution in [2.24, 2.45) is 52.3 Å². The largest absolute Gasteiger partial charge is 0.393 e. The standard InChI is InChI=1S/C28H45NO2/c1-17-6-9-25(29(5)16-17)18(2)19-7-8-22-21-13-26(31)23-12-20(30)10-11-28(23,4)24(21)15-27(22,3)14-19/h7-8,17-25,30H,6,9-16H2,1-5H3/t17-,18-,19+,20-,21-,22-,23+,24-,25+,27+,28-/m0/s1. The quantitative estimate of drug-likeness (QED) is 0.606. The number of ketones is 1. The first kappa shape index (κ1) is 22.1. The van der Waals surface area contributed by atoms with Crippen LogP contribution >= 0.6 is 0 Å². The molecule has 31 heavy (non-hydrogen) atoms. The number of rotatable bonds is 2. The van der Waals surface area contributed by atoms with E-state index in [1.165, 1.54) is 32.2 Å². The first-order valence-corrected chi connectivity index (χ1v) is 13.2. The number of aliphatic hydroxyl groups excluding tert-OH is 1. The zero-order valence-corrected chi connectivity index (χ0v) is 20.5. The van der Waals surface area contributed by atoms with Gasteiger partial charge >= 0.3 is 0 Å². The summed E-state index contributed by atoms with van der Waals surface area (Å²) in [5.74, 6) is 4.48. The summed E-state index contributed by atoms with van der Waals surface area (Å²) in [5, 5.41) is 10.3. The van der Waals surface area contributed by atoms with Crippen molar-refractivity contribution in [3.05, 3.63) is 12.2 Å². The van der Waals surface area contributed by atoms with E-state index in [4.69, 9.17) is 0 Å². The van der Waals surface area contributed by atoms with E-state index in [0.717, 1.165) is 25.2 Å². The van der Waals surface area contributed by atoms with Gasteiger partial charge in [-0.15, -0.1) is 0 Å². The van der Waals surface area contributed by atoms with Crippen molar-refractivity contribution in [1.82, 2.24) is 4.90 Å². The summed E-state index contributed by atoms with van der Waals surface area (Å²) in [5.41, 5.74) is 0.437. The number of likely N-dealkylation sites (tertiary alicyclic amines) is 1. The third-order valence-corrected chi connectivity index (χ3v) is 11.1. The van der Waals surface area contributed by atoms with E-state index in [-0.39, 0.29) is 17.4 Å². The molecule has 0 unspecified atom stereocenters. The third-order valence-electron chi connectivity index (χ3n) is 11.1. The number of aliphatic hydroxyl groups is 1. The second kappa shape index (κ2) is 7.69. The Morgan fingerprint density at radius 2 is 1.94 bits per heavy atom. The van der Waals surface area contributed by atoms with Crippen LogP contribution in [0.15, 0.2) is 12.2 Å². The zero-order valence-electron chi connectivity index (χ0n) is 20.5. The molecule has 0 aromatic carbocycles. The normalized spacial score (nSPS) is 53.5. The molecule has 3 saturated carbocycles. The molecule has 5 rings (SSSR count). The molecule has 0 radical (unpaired) electrons. The average Bonchev–Trinajstić information content (AvgIpc) is 3.01. The fourth-order valence-corrected chi connectivity index (χ4v) is 9.35. The monoisotopic (exact) mass is 427 g/mol. The second-order valence-corrected chi connectivity index (χ2v) is 13.1. The molecule has 3 heteroatoms. The van der Waals surface area contributed by atoms with Crippen LogP contribution in [0.25, 0.3) is 0 Å². The lowest BCUT2D eigenvalue weighted by molar-refractivity contribution is -0.144.